The Labute approximate surface area is 347 Å². The lowest BCUT2D eigenvalue weighted by atomic mass is 9.84. The summed E-state index contributed by atoms with van der Waals surface area (Å²) >= 11 is 7.01. The molecule has 1 heterocycles. The maximum atomic E-state index is 13.5. The summed E-state index contributed by atoms with van der Waals surface area (Å²) in [4.78, 5) is 0. The Bertz CT molecular complexity index is 2160. The Balaban J connectivity index is 1.33. The lowest BCUT2D eigenvalue weighted by Gasteiger charge is -2.51. The molecular formula is C51H51ClO6. The topological polar surface area (TPSA) is 66.4 Å². The molecule has 0 bridgehead atoms. The molecule has 7 rings (SSSR count). The Morgan fingerprint density at radius 2 is 1.10 bits per heavy atom. The Morgan fingerprint density at radius 3 is 1.62 bits per heavy atom. The highest BCUT2D eigenvalue weighted by atomic mass is 35.5. The van der Waals surface area contributed by atoms with Crippen LogP contribution in [-0.4, -0.2) is 36.1 Å². The molecule has 298 valence electrons. The fourth-order valence-corrected chi connectivity index (χ4v) is 7.67. The zero-order chi connectivity index (χ0) is 40.2. The summed E-state index contributed by atoms with van der Waals surface area (Å²) in [5.74, 6) is -2.07. The average molecular weight is 795 g/mol. The number of hydrogen-bond donors (Lipinski definition) is 1. The molecule has 7 heteroatoms. The monoisotopic (exact) mass is 794 g/mol. The van der Waals surface area contributed by atoms with E-state index >= 15 is 0 Å². The SMILES string of the molecule is C=Cc1cc(Cl)c(Cc2ccc(CC)cc2)cc1[C@]1(O)O[C@H](COCc2ccccc2)[C@@H](OCc2ccccc2)[C@H](OCc2ccccc2)[C@H]1OCc1ccccc1. The highest BCUT2D eigenvalue weighted by molar-refractivity contribution is 6.31. The summed E-state index contributed by atoms with van der Waals surface area (Å²) in [6.07, 6.45) is -0.262. The van der Waals surface area contributed by atoms with Gasteiger partial charge in [-0.15, -0.1) is 0 Å². The minimum atomic E-state index is -2.07. The molecule has 6 nitrogen and oxygen atoms in total. The van der Waals surface area contributed by atoms with Crippen LogP contribution < -0.4 is 0 Å². The van der Waals surface area contributed by atoms with Gasteiger partial charge in [-0.3, -0.25) is 0 Å². The van der Waals surface area contributed by atoms with E-state index in [0.29, 0.717) is 29.2 Å². The molecule has 6 aromatic rings. The van der Waals surface area contributed by atoms with E-state index in [2.05, 4.69) is 37.8 Å². The average Bonchev–Trinajstić information content (AvgIpc) is 3.27. The van der Waals surface area contributed by atoms with Crippen molar-refractivity contribution in [2.75, 3.05) is 6.61 Å². The smallest absolute Gasteiger partial charge is 0.223 e. The van der Waals surface area contributed by atoms with Crippen molar-refractivity contribution in [3.63, 3.8) is 0 Å². The molecule has 1 saturated heterocycles. The van der Waals surface area contributed by atoms with Crippen molar-refractivity contribution >= 4 is 17.7 Å². The normalized spacial score (nSPS) is 20.5. The number of aryl methyl sites for hydroxylation is 1. The van der Waals surface area contributed by atoms with E-state index in [0.717, 1.165) is 39.8 Å². The minimum Gasteiger partial charge on any atom is -0.374 e. The molecule has 6 aromatic carbocycles. The lowest BCUT2D eigenvalue weighted by Crippen LogP contribution is -2.65. The predicted octanol–water partition coefficient (Wildman–Crippen LogP) is 10.7. The van der Waals surface area contributed by atoms with Gasteiger partial charge < -0.3 is 28.8 Å². The maximum absolute atomic E-state index is 13.5. The van der Waals surface area contributed by atoms with Crippen molar-refractivity contribution in [1.29, 1.82) is 0 Å². The first-order valence-electron chi connectivity index (χ1n) is 19.9. The van der Waals surface area contributed by atoms with Crippen LogP contribution in [0.3, 0.4) is 0 Å². The molecule has 1 aliphatic heterocycles. The van der Waals surface area contributed by atoms with Gasteiger partial charge in [0.2, 0.25) is 5.79 Å². The van der Waals surface area contributed by atoms with Crippen LogP contribution in [-0.2, 0) is 68.7 Å². The Kier molecular flexibility index (Phi) is 14.4. The fraction of sp³-hybridized carbons (Fsp3) is 0.255. The van der Waals surface area contributed by atoms with Crippen LogP contribution in [0.4, 0.5) is 0 Å². The van der Waals surface area contributed by atoms with E-state index in [1.165, 1.54) is 5.56 Å². The van der Waals surface area contributed by atoms with E-state index < -0.39 is 30.2 Å². The van der Waals surface area contributed by atoms with Crippen LogP contribution >= 0.6 is 11.6 Å². The molecule has 1 fully saturated rings. The van der Waals surface area contributed by atoms with Crippen molar-refractivity contribution in [2.24, 2.45) is 0 Å². The van der Waals surface area contributed by atoms with Crippen LogP contribution in [0.1, 0.15) is 57.0 Å². The second-order valence-electron chi connectivity index (χ2n) is 14.7. The molecule has 5 atom stereocenters. The van der Waals surface area contributed by atoms with E-state index in [4.69, 9.17) is 35.3 Å². The number of rotatable bonds is 18. The standard InChI is InChI=1S/C51H51ClO6/c1-3-37-25-27-38(28-26-37)29-44-30-45(43(4-2)31-46(44)52)51(53)50(57-35-42-23-15-8-16-24-42)49(56-34-41-21-13-7-14-22-41)48(55-33-40-19-11-6-12-20-40)47(58-51)36-54-32-39-17-9-5-10-18-39/h4-28,30-31,47-50,53H,2-3,29,32-36H2,1H3/t47-,48-,49+,50-,51+/m1/s1. The number of benzene rings is 6. The molecule has 1 aliphatic rings. The quantitative estimate of drug-likeness (QED) is 0.0935. The molecule has 0 spiro atoms. The lowest BCUT2D eigenvalue weighted by molar-refractivity contribution is -0.378. The minimum absolute atomic E-state index is 0.0981. The summed E-state index contributed by atoms with van der Waals surface area (Å²) < 4.78 is 34.0. The van der Waals surface area contributed by atoms with E-state index in [1.807, 2.05) is 133 Å². The largest absolute Gasteiger partial charge is 0.374 e. The number of ether oxygens (including phenoxy) is 5. The third-order valence-electron chi connectivity index (χ3n) is 10.6. The van der Waals surface area contributed by atoms with Gasteiger partial charge in [-0.25, -0.2) is 0 Å². The van der Waals surface area contributed by atoms with Crippen LogP contribution in [0.15, 0.2) is 164 Å². The van der Waals surface area contributed by atoms with Gasteiger partial charge in [0, 0.05) is 10.6 Å². The Morgan fingerprint density at radius 1 is 0.621 bits per heavy atom. The van der Waals surface area contributed by atoms with Crippen LogP contribution in [0, 0.1) is 0 Å². The van der Waals surface area contributed by atoms with Crippen LogP contribution in [0.25, 0.3) is 6.08 Å². The summed E-state index contributed by atoms with van der Waals surface area (Å²) in [6.45, 7) is 7.41. The van der Waals surface area contributed by atoms with Gasteiger partial charge in [-0.2, -0.15) is 0 Å². The third kappa shape index (κ3) is 10.4. The van der Waals surface area contributed by atoms with Gasteiger partial charge >= 0.3 is 0 Å². The first-order valence-corrected chi connectivity index (χ1v) is 20.3. The zero-order valence-electron chi connectivity index (χ0n) is 32.9. The van der Waals surface area contributed by atoms with E-state index in [9.17, 15) is 5.11 Å². The van der Waals surface area contributed by atoms with Gasteiger partial charge in [0.1, 0.15) is 24.4 Å². The summed E-state index contributed by atoms with van der Waals surface area (Å²) in [7, 11) is 0. The molecule has 1 N–H and O–H groups in total. The van der Waals surface area contributed by atoms with E-state index in [-0.39, 0.29) is 26.4 Å². The highest BCUT2D eigenvalue weighted by Crippen LogP contribution is 2.44. The summed E-state index contributed by atoms with van der Waals surface area (Å²) in [5.41, 5.74) is 8.14. The van der Waals surface area contributed by atoms with Crippen molar-refractivity contribution < 1.29 is 28.8 Å². The second-order valence-corrected chi connectivity index (χ2v) is 15.1. The van der Waals surface area contributed by atoms with Crippen molar-refractivity contribution in [2.45, 2.75) is 76.4 Å². The van der Waals surface area contributed by atoms with Gasteiger partial charge in [-0.1, -0.05) is 177 Å². The van der Waals surface area contributed by atoms with Gasteiger partial charge in [0.25, 0.3) is 0 Å². The van der Waals surface area contributed by atoms with Crippen molar-refractivity contribution in [1.82, 2.24) is 0 Å². The fourth-order valence-electron chi connectivity index (χ4n) is 7.43. The molecule has 0 amide bonds. The molecule has 0 unspecified atom stereocenters. The van der Waals surface area contributed by atoms with E-state index in [1.54, 1.807) is 6.08 Å². The molecular weight excluding hydrogens is 744 g/mol. The zero-order valence-corrected chi connectivity index (χ0v) is 33.7. The highest BCUT2D eigenvalue weighted by Gasteiger charge is 2.58. The summed E-state index contributed by atoms with van der Waals surface area (Å²) in [5, 5.41) is 14.0. The number of hydrogen-bond acceptors (Lipinski definition) is 6. The molecule has 0 radical (unpaired) electrons. The van der Waals surface area contributed by atoms with Gasteiger partial charge in [0.15, 0.2) is 0 Å². The maximum Gasteiger partial charge on any atom is 0.223 e. The Hall–Kier alpha value is -4.89. The predicted molar refractivity (Wildman–Crippen MR) is 230 cm³/mol. The molecule has 0 saturated carbocycles. The van der Waals surface area contributed by atoms with Crippen molar-refractivity contribution in [3.05, 3.63) is 219 Å². The molecule has 58 heavy (non-hydrogen) atoms. The molecule has 0 aromatic heterocycles. The van der Waals surface area contributed by atoms with Crippen LogP contribution in [0.2, 0.25) is 5.02 Å². The number of halogens is 1. The first-order chi connectivity index (χ1) is 28.4. The summed E-state index contributed by atoms with van der Waals surface area (Å²) in [6, 6.07) is 52.1. The van der Waals surface area contributed by atoms with Crippen LogP contribution in [0.5, 0.6) is 0 Å². The second kappa shape index (κ2) is 20.2. The van der Waals surface area contributed by atoms with Gasteiger partial charge in [0.05, 0.1) is 33.0 Å². The number of aliphatic hydroxyl groups is 1. The van der Waals surface area contributed by atoms with Crippen molar-refractivity contribution in [3.8, 4) is 0 Å². The van der Waals surface area contributed by atoms with Gasteiger partial charge in [-0.05, 0) is 69.5 Å². The molecule has 0 aliphatic carbocycles. The first kappa shape index (κ1) is 41.3. The third-order valence-corrected chi connectivity index (χ3v) is 10.9.